The molecule has 1 heterocycles. The molecule has 0 bridgehead atoms. The number of aromatic nitrogens is 1. The van der Waals surface area contributed by atoms with Crippen molar-refractivity contribution in [2.45, 2.75) is 0 Å². The van der Waals surface area contributed by atoms with E-state index in [9.17, 15) is 5.11 Å². The standard InChI is InChI=1S/C22H15ClN2O2/c23-17-12-10-16(11-13-17)21-25-20(22(26)27-21)14-24-19-9-5-4-8-18(19)15-6-2-1-3-7-15/h1-14,26H. The molecule has 0 unspecified atom stereocenters. The van der Waals surface area contributed by atoms with Gasteiger partial charge in [-0.15, -0.1) is 0 Å². The van der Waals surface area contributed by atoms with Crippen LogP contribution in [0, 0.1) is 0 Å². The molecule has 0 saturated heterocycles. The highest BCUT2D eigenvalue weighted by molar-refractivity contribution is 6.30. The first-order valence-corrected chi connectivity index (χ1v) is 8.73. The number of hydrogen-bond donors (Lipinski definition) is 1. The summed E-state index contributed by atoms with van der Waals surface area (Å²) in [6, 6.07) is 24.8. The maximum Gasteiger partial charge on any atom is 0.312 e. The number of oxazole rings is 1. The maximum atomic E-state index is 10.1. The van der Waals surface area contributed by atoms with E-state index in [0.29, 0.717) is 10.9 Å². The summed E-state index contributed by atoms with van der Waals surface area (Å²) in [6.07, 6.45) is 1.50. The second-order valence-electron chi connectivity index (χ2n) is 5.86. The zero-order chi connectivity index (χ0) is 18.6. The molecule has 4 nitrogen and oxygen atoms in total. The minimum atomic E-state index is -0.277. The zero-order valence-corrected chi connectivity index (χ0v) is 15.0. The van der Waals surface area contributed by atoms with Crippen LogP contribution in [0.25, 0.3) is 22.6 Å². The van der Waals surface area contributed by atoms with E-state index < -0.39 is 0 Å². The summed E-state index contributed by atoms with van der Waals surface area (Å²) in [4.78, 5) is 8.82. The molecule has 0 spiro atoms. The molecule has 0 aliphatic carbocycles. The first kappa shape index (κ1) is 17.1. The Morgan fingerprint density at radius 2 is 1.56 bits per heavy atom. The van der Waals surface area contributed by atoms with Crippen LogP contribution in [0.1, 0.15) is 5.69 Å². The molecule has 0 radical (unpaired) electrons. The number of aliphatic imine (C=N–C) groups is 1. The molecule has 5 heteroatoms. The highest BCUT2D eigenvalue weighted by Crippen LogP contribution is 2.31. The monoisotopic (exact) mass is 374 g/mol. The Morgan fingerprint density at radius 3 is 2.33 bits per heavy atom. The quantitative estimate of drug-likeness (QED) is 0.438. The van der Waals surface area contributed by atoms with Crippen molar-refractivity contribution in [2.24, 2.45) is 4.99 Å². The Labute approximate surface area is 161 Å². The topological polar surface area (TPSA) is 58.6 Å². The van der Waals surface area contributed by atoms with Crippen LogP contribution in [0.15, 0.2) is 88.3 Å². The second-order valence-corrected chi connectivity index (χ2v) is 6.29. The molecule has 132 valence electrons. The van der Waals surface area contributed by atoms with Crippen molar-refractivity contribution < 1.29 is 9.52 Å². The second kappa shape index (κ2) is 7.48. The molecule has 0 amide bonds. The van der Waals surface area contributed by atoms with Crippen molar-refractivity contribution >= 4 is 23.5 Å². The summed E-state index contributed by atoms with van der Waals surface area (Å²) in [6.45, 7) is 0. The molecule has 0 atom stereocenters. The lowest BCUT2D eigenvalue weighted by atomic mass is 10.0. The minimum Gasteiger partial charge on any atom is -0.479 e. The highest BCUT2D eigenvalue weighted by Gasteiger charge is 2.12. The van der Waals surface area contributed by atoms with E-state index in [1.54, 1.807) is 24.3 Å². The van der Waals surface area contributed by atoms with Crippen LogP contribution in [-0.2, 0) is 0 Å². The van der Waals surface area contributed by atoms with Gasteiger partial charge in [-0.25, -0.2) is 4.98 Å². The van der Waals surface area contributed by atoms with Gasteiger partial charge in [0.25, 0.3) is 0 Å². The molecule has 4 rings (SSSR count). The lowest BCUT2D eigenvalue weighted by molar-refractivity contribution is 0.337. The summed E-state index contributed by atoms with van der Waals surface area (Å²) in [5.41, 5.74) is 3.83. The molecule has 0 aliphatic rings. The van der Waals surface area contributed by atoms with Gasteiger partial charge in [-0.2, -0.15) is 0 Å². The van der Waals surface area contributed by atoms with Crippen molar-refractivity contribution in [2.75, 3.05) is 0 Å². The summed E-state index contributed by atoms with van der Waals surface area (Å²) in [5.74, 6) is 0.0304. The fourth-order valence-corrected chi connectivity index (χ4v) is 2.83. The third kappa shape index (κ3) is 3.76. The lowest BCUT2D eigenvalue weighted by Gasteiger charge is -2.04. The van der Waals surface area contributed by atoms with Gasteiger partial charge in [-0.05, 0) is 35.9 Å². The van der Waals surface area contributed by atoms with Gasteiger partial charge < -0.3 is 9.52 Å². The van der Waals surface area contributed by atoms with E-state index in [2.05, 4.69) is 9.98 Å². The van der Waals surface area contributed by atoms with Crippen molar-refractivity contribution in [3.05, 3.63) is 89.6 Å². The molecule has 3 aromatic carbocycles. The van der Waals surface area contributed by atoms with Gasteiger partial charge in [0.2, 0.25) is 5.89 Å². The van der Waals surface area contributed by atoms with Crippen LogP contribution < -0.4 is 0 Å². The van der Waals surface area contributed by atoms with Gasteiger partial charge in [0, 0.05) is 16.1 Å². The molecular formula is C22H15ClN2O2. The lowest BCUT2D eigenvalue weighted by Crippen LogP contribution is -1.84. The Balaban J connectivity index is 1.66. The Hall–Kier alpha value is -3.37. The van der Waals surface area contributed by atoms with E-state index >= 15 is 0 Å². The van der Waals surface area contributed by atoms with Crippen LogP contribution in [0.3, 0.4) is 0 Å². The fourth-order valence-electron chi connectivity index (χ4n) is 2.70. The Bertz CT molecular complexity index is 1090. The molecule has 1 N–H and O–H groups in total. The number of nitrogens with zero attached hydrogens (tertiary/aromatic N) is 2. The van der Waals surface area contributed by atoms with Gasteiger partial charge in [0.15, 0.2) is 5.69 Å². The van der Waals surface area contributed by atoms with E-state index in [-0.39, 0.29) is 11.6 Å². The van der Waals surface area contributed by atoms with E-state index in [0.717, 1.165) is 22.4 Å². The number of para-hydroxylation sites is 1. The SMILES string of the molecule is Oc1oc(-c2ccc(Cl)cc2)nc1C=Nc1ccccc1-c1ccccc1. The number of rotatable bonds is 4. The summed E-state index contributed by atoms with van der Waals surface area (Å²) in [7, 11) is 0. The first-order chi connectivity index (χ1) is 13.2. The molecule has 4 aromatic rings. The average Bonchev–Trinajstić information content (AvgIpc) is 3.08. The van der Waals surface area contributed by atoms with Crippen LogP contribution in [0.5, 0.6) is 5.95 Å². The molecule has 1 aromatic heterocycles. The van der Waals surface area contributed by atoms with Gasteiger partial charge in [-0.3, -0.25) is 4.99 Å². The molecule has 27 heavy (non-hydrogen) atoms. The summed E-state index contributed by atoms with van der Waals surface area (Å²) in [5, 5.41) is 10.7. The number of aromatic hydroxyl groups is 1. The van der Waals surface area contributed by atoms with Gasteiger partial charge in [0.1, 0.15) is 0 Å². The van der Waals surface area contributed by atoms with Crippen LogP contribution in [-0.4, -0.2) is 16.3 Å². The molecular weight excluding hydrogens is 360 g/mol. The van der Waals surface area contributed by atoms with Crippen LogP contribution >= 0.6 is 11.6 Å². The third-order valence-corrected chi connectivity index (χ3v) is 4.29. The van der Waals surface area contributed by atoms with E-state index in [1.165, 1.54) is 6.21 Å². The van der Waals surface area contributed by atoms with E-state index in [1.807, 2.05) is 54.6 Å². The van der Waals surface area contributed by atoms with Crippen molar-refractivity contribution in [1.82, 2.24) is 4.98 Å². The third-order valence-electron chi connectivity index (χ3n) is 4.04. The van der Waals surface area contributed by atoms with Crippen molar-refractivity contribution in [3.63, 3.8) is 0 Å². The Kier molecular flexibility index (Phi) is 4.73. The Morgan fingerprint density at radius 1 is 0.852 bits per heavy atom. The van der Waals surface area contributed by atoms with Gasteiger partial charge in [-0.1, -0.05) is 60.1 Å². The van der Waals surface area contributed by atoms with Crippen molar-refractivity contribution in [1.29, 1.82) is 0 Å². The number of benzene rings is 3. The van der Waals surface area contributed by atoms with Crippen LogP contribution in [0.4, 0.5) is 5.69 Å². The average molecular weight is 375 g/mol. The largest absolute Gasteiger partial charge is 0.479 e. The summed E-state index contributed by atoms with van der Waals surface area (Å²) < 4.78 is 5.35. The van der Waals surface area contributed by atoms with Gasteiger partial charge >= 0.3 is 5.95 Å². The van der Waals surface area contributed by atoms with Gasteiger partial charge in [0.05, 0.1) is 11.9 Å². The summed E-state index contributed by atoms with van der Waals surface area (Å²) >= 11 is 5.90. The minimum absolute atomic E-state index is 0.266. The number of hydrogen-bond acceptors (Lipinski definition) is 4. The first-order valence-electron chi connectivity index (χ1n) is 8.35. The fraction of sp³-hybridized carbons (Fsp3) is 0. The highest BCUT2D eigenvalue weighted by atomic mass is 35.5. The normalized spacial score (nSPS) is 11.1. The zero-order valence-electron chi connectivity index (χ0n) is 14.2. The predicted molar refractivity (Wildman–Crippen MR) is 108 cm³/mol. The van der Waals surface area contributed by atoms with Crippen LogP contribution in [0.2, 0.25) is 5.02 Å². The van der Waals surface area contributed by atoms with Crippen molar-refractivity contribution in [3.8, 4) is 28.5 Å². The molecule has 0 aliphatic heterocycles. The predicted octanol–water partition coefficient (Wildman–Crippen LogP) is 6.12. The molecule has 0 saturated carbocycles. The maximum absolute atomic E-state index is 10.1. The number of halogens is 1. The molecule has 0 fully saturated rings. The smallest absolute Gasteiger partial charge is 0.312 e. The van der Waals surface area contributed by atoms with E-state index in [4.69, 9.17) is 16.0 Å².